The van der Waals surface area contributed by atoms with Crippen molar-refractivity contribution >= 4 is 23.2 Å². The van der Waals surface area contributed by atoms with Gasteiger partial charge in [-0.05, 0) is 42.3 Å². The Balaban J connectivity index is 2.01. The van der Waals surface area contributed by atoms with Gasteiger partial charge in [-0.3, -0.25) is 9.59 Å². The first kappa shape index (κ1) is 17.6. The van der Waals surface area contributed by atoms with Crippen molar-refractivity contribution in [2.45, 2.75) is 20.3 Å². The maximum absolute atomic E-state index is 13.6. The van der Waals surface area contributed by atoms with E-state index in [1.54, 1.807) is 24.3 Å². The van der Waals surface area contributed by atoms with Gasteiger partial charge in [0.15, 0.2) is 0 Å². The van der Waals surface area contributed by atoms with Gasteiger partial charge in [0.2, 0.25) is 5.91 Å². The number of carbonyl (C=O) groups is 2. The number of hydrogen-bond donors (Lipinski definition) is 2. The summed E-state index contributed by atoms with van der Waals surface area (Å²) < 4.78 is 26.4. The Labute approximate surface area is 138 Å². The largest absolute Gasteiger partial charge is 0.326 e. The summed E-state index contributed by atoms with van der Waals surface area (Å²) in [4.78, 5) is 23.7. The average molecular weight is 332 g/mol. The highest BCUT2D eigenvalue weighted by Crippen LogP contribution is 2.17. The summed E-state index contributed by atoms with van der Waals surface area (Å²) in [5.41, 5.74) is 0.794. The first-order valence-electron chi connectivity index (χ1n) is 7.51. The lowest BCUT2D eigenvalue weighted by Gasteiger charge is -2.09. The van der Waals surface area contributed by atoms with Crippen LogP contribution in [0.5, 0.6) is 0 Å². The van der Waals surface area contributed by atoms with Crippen molar-refractivity contribution in [1.29, 1.82) is 0 Å². The lowest BCUT2D eigenvalue weighted by atomic mass is 10.1. The average Bonchev–Trinajstić information content (AvgIpc) is 2.48. The van der Waals surface area contributed by atoms with Gasteiger partial charge in [-0.2, -0.15) is 0 Å². The lowest BCUT2D eigenvalue weighted by molar-refractivity contribution is -0.116. The van der Waals surface area contributed by atoms with Gasteiger partial charge in [0.05, 0.1) is 5.56 Å². The van der Waals surface area contributed by atoms with Crippen LogP contribution >= 0.6 is 0 Å². The minimum atomic E-state index is -0.926. The topological polar surface area (TPSA) is 58.2 Å². The smallest absolute Gasteiger partial charge is 0.258 e. The van der Waals surface area contributed by atoms with Crippen LogP contribution in [0.25, 0.3) is 0 Å². The molecule has 2 aromatic rings. The number of anilines is 2. The zero-order chi connectivity index (χ0) is 17.7. The van der Waals surface area contributed by atoms with E-state index in [9.17, 15) is 18.4 Å². The summed E-state index contributed by atoms with van der Waals surface area (Å²) in [6.07, 6.45) is 0.419. The van der Waals surface area contributed by atoms with E-state index in [1.165, 1.54) is 0 Å². The van der Waals surface area contributed by atoms with Crippen LogP contribution in [0.15, 0.2) is 42.5 Å². The quantitative estimate of drug-likeness (QED) is 0.862. The number of benzene rings is 2. The van der Waals surface area contributed by atoms with E-state index in [0.717, 1.165) is 12.1 Å². The fraction of sp³-hybridized carbons (Fsp3) is 0.222. The molecular weight excluding hydrogens is 314 g/mol. The monoisotopic (exact) mass is 332 g/mol. The Morgan fingerprint density at radius 3 is 2.08 bits per heavy atom. The Morgan fingerprint density at radius 1 is 0.958 bits per heavy atom. The summed E-state index contributed by atoms with van der Waals surface area (Å²) >= 11 is 0. The van der Waals surface area contributed by atoms with E-state index in [2.05, 4.69) is 10.6 Å². The highest BCUT2D eigenvalue weighted by Gasteiger charge is 2.13. The van der Waals surface area contributed by atoms with Gasteiger partial charge in [0.25, 0.3) is 5.91 Å². The van der Waals surface area contributed by atoms with Crippen LogP contribution < -0.4 is 10.6 Å². The number of carbonyl (C=O) groups excluding carboxylic acids is 2. The summed E-state index contributed by atoms with van der Waals surface area (Å²) in [6, 6.07) is 9.20. The Morgan fingerprint density at radius 2 is 1.54 bits per heavy atom. The fourth-order valence-electron chi connectivity index (χ4n) is 2.09. The number of rotatable bonds is 5. The SMILES string of the molecule is CC(C)CC(=O)Nc1ccc(NC(=O)c2ccc(F)cc2F)cc1. The second-order valence-electron chi connectivity index (χ2n) is 5.80. The fourth-order valence-corrected chi connectivity index (χ4v) is 2.09. The summed E-state index contributed by atoms with van der Waals surface area (Å²) in [5, 5.41) is 5.26. The molecule has 126 valence electrons. The van der Waals surface area contributed by atoms with Crippen LogP contribution in [-0.4, -0.2) is 11.8 Å². The number of hydrogen-bond acceptors (Lipinski definition) is 2. The highest BCUT2D eigenvalue weighted by atomic mass is 19.1. The third-order valence-electron chi connectivity index (χ3n) is 3.20. The third kappa shape index (κ3) is 4.87. The molecule has 0 spiro atoms. The predicted molar refractivity (Wildman–Crippen MR) is 88.8 cm³/mol. The number of amides is 2. The Kier molecular flexibility index (Phi) is 5.63. The normalized spacial score (nSPS) is 10.5. The van der Waals surface area contributed by atoms with Crippen molar-refractivity contribution in [2.24, 2.45) is 5.92 Å². The maximum Gasteiger partial charge on any atom is 0.258 e. The molecule has 0 aromatic heterocycles. The van der Waals surface area contributed by atoms with Crippen molar-refractivity contribution in [1.82, 2.24) is 0 Å². The molecule has 2 aromatic carbocycles. The van der Waals surface area contributed by atoms with Crippen LogP contribution in [0.4, 0.5) is 20.2 Å². The first-order valence-corrected chi connectivity index (χ1v) is 7.51. The number of halogens is 2. The summed E-state index contributed by atoms with van der Waals surface area (Å²) in [5.74, 6) is -2.18. The van der Waals surface area contributed by atoms with Crippen LogP contribution in [0.1, 0.15) is 30.6 Å². The molecular formula is C18H18F2N2O2. The maximum atomic E-state index is 13.6. The van der Waals surface area contributed by atoms with Gasteiger partial charge < -0.3 is 10.6 Å². The van der Waals surface area contributed by atoms with Crippen LogP contribution in [0, 0.1) is 17.6 Å². The van der Waals surface area contributed by atoms with E-state index in [0.29, 0.717) is 23.9 Å². The van der Waals surface area contributed by atoms with Crippen molar-refractivity contribution in [3.8, 4) is 0 Å². The van der Waals surface area contributed by atoms with Gasteiger partial charge in [-0.15, -0.1) is 0 Å². The molecule has 2 rings (SSSR count). The predicted octanol–water partition coefficient (Wildman–Crippen LogP) is 4.20. The molecule has 0 atom stereocenters. The molecule has 0 heterocycles. The van der Waals surface area contributed by atoms with Crippen LogP contribution in [-0.2, 0) is 4.79 Å². The second kappa shape index (κ2) is 7.68. The molecule has 0 aliphatic carbocycles. The van der Waals surface area contributed by atoms with Crippen LogP contribution in [0.2, 0.25) is 0 Å². The highest BCUT2D eigenvalue weighted by molar-refractivity contribution is 6.04. The molecule has 0 radical (unpaired) electrons. The number of nitrogens with one attached hydrogen (secondary N) is 2. The summed E-state index contributed by atoms with van der Waals surface area (Å²) in [6.45, 7) is 3.90. The molecule has 2 N–H and O–H groups in total. The zero-order valence-corrected chi connectivity index (χ0v) is 13.4. The van der Waals surface area contributed by atoms with Crippen molar-refractivity contribution < 1.29 is 18.4 Å². The second-order valence-corrected chi connectivity index (χ2v) is 5.80. The van der Waals surface area contributed by atoms with Gasteiger partial charge >= 0.3 is 0 Å². The lowest BCUT2D eigenvalue weighted by Crippen LogP contribution is -2.15. The van der Waals surface area contributed by atoms with Crippen molar-refractivity contribution in [2.75, 3.05) is 10.6 Å². The molecule has 0 aliphatic rings. The van der Waals surface area contributed by atoms with E-state index in [1.807, 2.05) is 13.8 Å². The molecule has 0 saturated heterocycles. The zero-order valence-electron chi connectivity index (χ0n) is 13.4. The molecule has 2 amide bonds. The Bertz CT molecular complexity index is 743. The minimum absolute atomic E-state index is 0.0878. The van der Waals surface area contributed by atoms with Crippen molar-refractivity contribution in [3.05, 3.63) is 59.7 Å². The molecule has 0 aliphatic heterocycles. The van der Waals surface area contributed by atoms with Gasteiger partial charge in [0, 0.05) is 23.9 Å². The minimum Gasteiger partial charge on any atom is -0.326 e. The third-order valence-corrected chi connectivity index (χ3v) is 3.20. The molecule has 0 bridgehead atoms. The summed E-state index contributed by atoms with van der Waals surface area (Å²) in [7, 11) is 0. The molecule has 4 nitrogen and oxygen atoms in total. The van der Waals surface area contributed by atoms with E-state index in [4.69, 9.17) is 0 Å². The molecule has 24 heavy (non-hydrogen) atoms. The Hall–Kier alpha value is -2.76. The van der Waals surface area contributed by atoms with Crippen molar-refractivity contribution in [3.63, 3.8) is 0 Å². The van der Waals surface area contributed by atoms with E-state index < -0.39 is 17.5 Å². The van der Waals surface area contributed by atoms with E-state index >= 15 is 0 Å². The first-order chi connectivity index (χ1) is 11.3. The molecule has 0 fully saturated rings. The van der Waals surface area contributed by atoms with Gasteiger partial charge in [-0.1, -0.05) is 13.8 Å². The molecule has 0 saturated carbocycles. The van der Waals surface area contributed by atoms with Gasteiger partial charge in [0.1, 0.15) is 11.6 Å². The van der Waals surface area contributed by atoms with Crippen LogP contribution in [0.3, 0.4) is 0 Å². The van der Waals surface area contributed by atoms with Gasteiger partial charge in [-0.25, -0.2) is 8.78 Å². The molecule has 0 unspecified atom stereocenters. The standard InChI is InChI=1S/C18H18F2N2O2/c1-11(2)9-17(23)21-13-4-6-14(7-5-13)22-18(24)15-8-3-12(19)10-16(15)20/h3-8,10-11H,9H2,1-2H3,(H,21,23)(H,22,24). The van der Waals surface area contributed by atoms with E-state index in [-0.39, 0.29) is 17.4 Å². The molecule has 6 heteroatoms.